The summed E-state index contributed by atoms with van der Waals surface area (Å²) < 4.78 is 29.4. The van der Waals surface area contributed by atoms with Crippen molar-refractivity contribution < 1.29 is 23.1 Å². The fraction of sp³-hybridized carbons (Fsp3) is 0.150. The van der Waals surface area contributed by atoms with Crippen LogP contribution in [0.3, 0.4) is 0 Å². The average Bonchev–Trinajstić information content (AvgIpc) is 2.95. The SMILES string of the molecule is COc1ccc(/C=C/C(=O)c2oc3ccc(F)cc3c2C)cc1OC. The molecule has 2 aromatic carbocycles. The van der Waals surface area contributed by atoms with Gasteiger partial charge in [-0.2, -0.15) is 0 Å². The lowest BCUT2D eigenvalue weighted by Gasteiger charge is -2.07. The summed E-state index contributed by atoms with van der Waals surface area (Å²) in [6.07, 6.45) is 3.08. The summed E-state index contributed by atoms with van der Waals surface area (Å²) >= 11 is 0. The Morgan fingerprint density at radius 1 is 1.08 bits per heavy atom. The number of furan rings is 1. The molecule has 0 fully saturated rings. The zero-order chi connectivity index (χ0) is 18.0. The van der Waals surface area contributed by atoms with Gasteiger partial charge in [0.15, 0.2) is 17.3 Å². The van der Waals surface area contributed by atoms with Crippen LogP contribution in [0.5, 0.6) is 11.5 Å². The van der Waals surface area contributed by atoms with Crippen molar-refractivity contribution in [2.45, 2.75) is 6.92 Å². The maximum absolute atomic E-state index is 13.4. The van der Waals surface area contributed by atoms with E-state index >= 15 is 0 Å². The first-order chi connectivity index (χ1) is 12.0. The Morgan fingerprint density at radius 2 is 1.84 bits per heavy atom. The molecule has 0 unspecified atom stereocenters. The Hall–Kier alpha value is -3.08. The highest BCUT2D eigenvalue weighted by Gasteiger charge is 2.16. The van der Waals surface area contributed by atoms with Crippen molar-refractivity contribution in [1.82, 2.24) is 0 Å². The highest BCUT2D eigenvalue weighted by atomic mass is 19.1. The summed E-state index contributed by atoms with van der Waals surface area (Å²) in [5.41, 5.74) is 1.89. The van der Waals surface area contributed by atoms with E-state index in [0.29, 0.717) is 28.0 Å². The van der Waals surface area contributed by atoms with Crippen LogP contribution >= 0.6 is 0 Å². The molecule has 1 aromatic heterocycles. The number of fused-ring (bicyclic) bond motifs is 1. The van der Waals surface area contributed by atoms with E-state index in [0.717, 1.165) is 5.56 Å². The van der Waals surface area contributed by atoms with Crippen molar-refractivity contribution in [3.8, 4) is 11.5 Å². The summed E-state index contributed by atoms with van der Waals surface area (Å²) in [7, 11) is 3.11. The molecule has 0 aliphatic carbocycles. The van der Waals surface area contributed by atoms with Crippen molar-refractivity contribution in [3.63, 3.8) is 0 Å². The van der Waals surface area contributed by atoms with Crippen molar-refractivity contribution in [3.05, 3.63) is 65.2 Å². The molecular formula is C20H17FO4. The van der Waals surface area contributed by atoms with Gasteiger partial charge in [-0.3, -0.25) is 4.79 Å². The molecule has 3 aromatic rings. The molecule has 0 N–H and O–H groups in total. The van der Waals surface area contributed by atoms with E-state index in [1.54, 1.807) is 39.4 Å². The minimum absolute atomic E-state index is 0.206. The van der Waals surface area contributed by atoms with E-state index in [1.165, 1.54) is 24.3 Å². The fourth-order valence-electron chi connectivity index (χ4n) is 2.63. The molecular weight excluding hydrogens is 323 g/mol. The molecule has 0 aliphatic heterocycles. The average molecular weight is 340 g/mol. The summed E-state index contributed by atoms with van der Waals surface area (Å²) in [6, 6.07) is 9.53. The van der Waals surface area contributed by atoms with E-state index in [2.05, 4.69) is 0 Å². The summed E-state index contributed by atoms with van der Waals surface area (Å²) in [4.78, 5) is 12.4. The number of halogens is 1. The largest absolute Gasteiger partial charge is 0.493 e. The van der Waals surface area contributed by atoms with Crippen molar-refractivity contribution in [2.75, 3.05) is 14.2 Å². The van der Waals surface area contributed by atoms with Gasteiger partial charge >= 0.3 is 0 Å². The number of carbonyl (C=O) groups is 1. The molecule has 5 heteroatoms. The minimum atomic E-state index is -0.365. The number of rotatable bonds is 5. The second-order valence-electron chi connectivity index (χ2n) is 5.51. The normalized spacial score (nSPS) is 11.2. The summed E-state index contributed by atoms with van der Waals surface area (Å²) in [5, 5.41) is 0.600. The van der Waals surface area contributed by atoms with Crippen LogP contribution in [-0.4, -0.2) is 20.0 Å². The highest BCUT2D eigenvalue weighted by Crippen LogP contribution is 2.29. The monoisotopic (exact) mass is 340 g/mol. The third kappa shape index (κ3) is 3.26. The molecule has 0 radical (unpaired) electrons. The number of benzene rings is 2. The fourth-order valence-corrected chi connectivity index (χ4v) is 2.63. The number of methoxy groups -OCH3 is 2. The lowest BCUT2D eigenvalue weighted by Crippen LogP contribution is -1.94. The molecule has 1 heterocycles. The molecule has 0 saturated heterocycles. The molecule has 0 amide bonds. The molecule has 0 spiro atoms. The van der Waals surface area contributed by atoms with Crippen LogP contribution < -0.4 is 9.47 Å². The molecule has 0 aliphatic rings. The zero-order valence-corrected chi connectivity index (χ0v) is 14.1. The number of ketones is 1. The van der Waals surface area contributed by atoms with Gasteiger partial charge in [-0.15, -0.1) is 0 Å². The van der Waals surface area contributed by atoms with E-state index in [9.17, 15) is 9.18 Å². The minimum Gasteiger partial charge on any atom is -0.493 e. The second-order valence-corrected chi connectivity index (χ2v) is 5.51. The van der Waals surface area contributed by atoms with Crippen LogP contribution in [0.15, 0.2) is 46.9 Å². The number of hydrogen-bond donors (Lipinski definition) is 0. The number of hydrogen-bond acceptors (Lipinski definition) is 4. The Labute approximate surface area is 144 Å². The predicted octanol–water partition coefficient (Wildman–Crippen LogP) is 4.79. The lowest BCUT2D eigenvalue weighted by atomic mass is 10.1. The quantitative estimate of drug-likeness (QED) is 0.495. The predicted molar refractivity (Wildman–Crippen MR) is 93.8 cm³/mol. The maximum atomic E-state index is 13.4. The van der Waals surface area contributed by atoms with Crippen molar-refractivity contribution in [2.24, 2.45) is 0 Å². The molecule has 0 saturated carbocycles. The van der Waals surface area contributed by atoms with Crippen molar-refractivity contribution >= 4 is 22.8 Å². The standard InChI is InChI=1S/C20H17FO4/c1-12-15-11-14(21)6-9-17(15)25-20(12)16(22)7-4-13-5-8-18(23-2)19(10-13)24-3/h4-11H,1-3H3/b7-4+. The molecule has 4 nitrogen and oxygen atoms in total. The third-order valence-electron chi connectivity index (χ3n) is 3.96. The topological polar surface area (TPSA) is 48.7 Å². The Balaban J connectivity index is 1.89. The van der Waals surface area contributed by atoms with Gasteiger partial charge in [-0.25, -0.2) is 4.39 Å². The molecule has 25 heavy (non-hydrogen) atoms. The van der Waals surface area contributed by atoms with Crippen molar-refractivity contribution in [1.29, 1.82) is 0 Å². The van der Waals surface area contributed by atoms with E-state index in [4.69, 9.17) is 13.9 Å². The molecule has 0 bridgehead atoms. The van der Waals surface area contributed by atoms with Gasteiger partial charge in [0.05, 0.1) is 14.2 Å². The van der Waals surface area contributed by atoms with Crippen LogP contribution in [0.1, 0.15) is 21.7 Å². The van der Waals surface area contributed by atoms with Crippen LogP contribution in [0, 0.1) is 12.7 Å². The van der Waals surface area contributed by atoms with E-state index < -0.39 is 0 Å². The summed E-state index contributed by atoms with van der Waals surface area (Å²) in [5.74, 6) is 0.742. The molecule has 0 atom stereocenters. The third-order valence-corrected chi connectivity index (χ3v) is 3.96. The maximum Gasteiger partial charge on any atom is 0.221 e. The molecule has 3 rings (SSSR count). The van der Waals surface area contributed by atoms with Crippen LogP contribution in [0.4, 0.5) is 4.39 Å². The van der Waals surface area contributed by atoms with Gasteiger partial charge in [0.25, 0.3) is 0 Å². The van der Waals surface area contributed by atoms with Gasteiger partial charge < -0.3 is 13.9 Å². The van der Waals surface area contributed by atoms with Gasteiger partial charge in [0, 0.05) is 10.9 Å². The number of allylic oxidation sites excluding steroid dienone is 1. The van der Waals surface area contributed by atoms with Gasteiger partial charge in [0.2, 0.25) is 5.78 Å². The zero-order valence-electron chi connectivity index (χ0n) is 14.1. The first kappa shape index (κ1) is 16.8. The first-order valence-corrected chi connectivity index (χ1v) is 7.66. The van der Waals surface area contributed by atoms with Gasteiger partial charge in [-0.1, -0.05) is 12.1 Å². The van der Waals surface area contributed by atoms with E-state index in [-0.39, 0.29) is 17.4 Å². The summed E-state index contributed by atoms with van der Waals surface area (Å²) in [6.45, 7) is 1.74. The Kier molecular flexibility index (Phi) is 4.57. The smallest absolute Gasteiger partial charge is 0.221 e. The van der Waals surface area contributed by atoms with Crippen LogP contribution in [0.2, 0.25) is 0 Å². The van der Waals surface area contributed by atoms with Gasteiger partial charge in [-0.05, 0) is 48.9 Å². The second kappa shape index (κ2) is 6.81. The van der Waals surface area contributed by atoms with E-state index in [1.807, 2.05) is 6.07 Å². The first-order valence-electron chi connectivity index (χ1n) is 7.66. The van der Waals surface area contributed by atoms with Gasteiger partial charge in [0.1, 0.15) is 11.4 Å². The number of aryl methyl sites for hydroxylation is 1. The van der Waals surface area contributed by atoms with Crippen LogP contribution in [-0.2, 0) is 0 Å². The van der Waals surface area contributed by atoms with Crippen LogP contribution in [0.25, 0.3) is 17.0 Å². The highest BCUT2D eigenvalue weighted by molar-refractivity contribution is 6.08. The number of carbonyl (C=O) groups excluding carboxylic acids is 1. The molecule has 128 valence electrons. The Morgan fingerprint density at radius 3 is 2.56 bits per heavy atom. The Bertz CT molecular complexity index is 969. The number of ether oxygens (including phenoxy) is 2. The lowest BCUT2D eigenvalue weighted by molar-refractivity contribution is 0.102.